The number of fused-ring (bicyclic) bond motifs is 1. The Labute approximate surface area is 86.5 Å². The largest absolute Gasteiger partial charge is 0.326 e. The van der Waals surface area contributed by atoms with Gasteiger partial charge in [0.2, 0.25) is 0 Å². The zero-order chi connectivity index (χ0) is 10.1. The zero-order valence-corrected chi connectivity index (χ0v) is 9.01. The lowest BCUT2D eigenvalue weighted by Gasteiger charge is -1.97. The second-order valence-electron chi connectivity index (χ2n) is 3.00. The molecule has 0 radical (unpaired) electrons. The molecular weight excluding hydrogens is 196 g/mol. The summed E-state index contributed by atoms with van der Waals surface area (Å²) in [5, 5.41) is 0.966. The highest BCUT2D eigenvalue weighted by atomic mass is 32.2. The lowest BCUT2D eigenvalue weighted by Crippen LogP contribution is -1.98. The van der Waals surface area contributed by atoms with E-state index in [1.807, 2.05) is 23.9 Å². The minimum absolute atomic E-state index is 0.504. The maximum absolute atomic E-state index is 5.63. The zero-order valence-electron chi connectivity index (χ0n) is 8.19. The molecule has 2 rings (SSSR count). The van der Waals surface area contributed by atoms with E-state index >= 15 is 0 Å². The quantitative estimate of drug-likeness (QED) is 0.752. The molecule has 0 amide bonds. The van der Waals surface area contributed by atoms with Gasteiger partial charge in [-0.15, -0.1) is 0 Å². The van der Waals surface area contributed by atoms with Crippen molar-refractivity contribution in [3.05, 3.63) is 17.8 Å². The second kappa shape index (κ2) is 3.59. The van der Waals surface area contributed by atoms with Crippen LogP contribution in [-0.2, 0) is 13.6 Å². The van der Waals surface area contributed by atoms with Gasteiger partial charge >= 0.3 is 0 Å². The van der Waals surface area contributed by atoms with Gasteiger partial charge in [-0.25, -0.2) is 9.97 Å². The molecule has 0 atom stereocenters. The summed E-state index contributed by atoms with van der Waals surface area (Å²) >= 11 is 1.61. The first-order chi connectivity index (χ1) is 6.77. The molecule has 2 N–H and O–H groups in total. The summed E-state index contributed by atoms with van der Waals surface area (Å²) < 4.78 is 1.99. The van der Waals surface area contributed by atoms with Gasteiger partial charge in [0.05, 0.1) is 0 Å². The fourth-order valence-corrected chi connectivity index (χ4v) is 2.00. The van der Waals surface area contributed by atoms with Gasteiger partial charge in [-0.05, 0) is 17.9 Å². The van der Waals surface area contributed by atoms with Crippen LogP contribution in [0.2, 0.25) is 0 Å². The van der Waals surface area contributed by atoms with Gasteiger partial charge in [0.25, 0.3) is 0 Å². The molecule has 0 aliphatic heterocycles. The highest BCUT2D eigenvalue weighted by Crippen LogP contribution is 2.21. The first-order valence-electron chi connectivity index (χ1n) is 4.32. The summed E-state index contributed by atoms with van der Waals surface area (Å²) in [6.45, 7) is 0.504. The number of imidazole rings is 1. The highest BCUT2D eigenvalue weighted by molar-refractivity contribution is 7.98. The Morgan fingerprint density at radius 1 is 1.57 bits per heavy atom. The Morgan fingerprint density at radius 2 is 2.36 bits per heavy atom. The van der Waals surface area contributed by atoms with Crippen LogP contribution in [0.25, 0.3) is 11.2 Å². The SMILES string of the molecule is CSc1nc2c(CN)ccnc2n1C. The minimum atomic E-state index is 0.504. The Bertz CT molecular complexity index is 463. The third-order valence-corrected chi connectivity index (χ3v) is 2.93. The molecule has 0 spiro atoms. The van der Waals surface area contributed by atoms with Crippen molar-refractivity contribution < 1.29 is 0 Å². The number of hydrogen-bond acceptors (Lipinski definition) is 4. The fourth-order valence-electron chi connectivity index (χ4n) is 1.46. The Hall–Kier alpha value is -1.07. The molecule has 0 unspecified atom stereocenters. The molecule has 2 aromatic heterocycles. The maximum Gasteiger partial charge on any atom is 0.169 e. The van der Waals surface area contributed by atoms with Crippen LogP contribution in [0.5, 0.6) is 0 Å². The summed E-state index contributed by atoms with van der Waals surface area (Å²) in [4.78, 5) is 8.77. The molecule has 0 bridgehead atoms. The molecule has 0 aliphatic rings. The number of aryl methyl sites for hydroxylation is 1. The predicted molar refractivity (Wildman–Crippen MR) is 58.2 cm³/mol. The van der Waals surface area contributed by atoms with Crippen molar-refractivity contribution in [3.63, 3.8) is 0 Å². The van der Waals surface area contributed by atoms with Crippen molar-refractivity contribution in [2.24, 2.45) is 12.8 Å². The lowest BCUT2D eigenvalue weighted by atomic mass is 10.2. The van der Waals surface area contributed by atoms with Crippen LogP contribution < -0.4 is 5.73 Å². The summed E-state index contributed by atoms with van der Waals surface area (Å²) in [5.41, 5.74) is 8.50. The van der Waals surface area contributed by atoms with E-state index in [2.05, 4.69) is 9.97 Å². The monoisotopic (exact) mass is 208 g/mol. The van der Waals surface area contributed by atoms with Gasteiger partial charge in [-0.1, -0.05) is 11.8 Å². The van der Waals surface area contributed by atoms with Gasteiger partial charge in [0.1, 0.15) is 5.52 Å². The van der Waals surface area contributed by atoms with Crippen LogP contribution >= 0.6 is 11.8 Å². The minimum Gasteiger partial charge on any atom is -0.326 e. The molecule has 0 fully saturated rings. The van der Waals surface area contributed by atoms with Crippen LogP contribution in [0.1, 0.15) is 5.56 Å². The fraction of sp³-hybridized carbons (Fsp3) is 0.333. The molecule has 4 nitrogen and oxygen atoms in total. The van der Waals surface area contributed by atoms with E-state index in [-0.39, 0.29) is 0 Å². The summed E-state index contributed by atoms with van der Waals surface area (Å²) in [6, 6.07) is 1.92. The average Bonchev–Trinajstić information content (AvgIpc) is 2.55. The molecule has 0 saturated heterocycles. The van der Waals surface area contributed by atoms with Gasteiger partial charge in [-0.3, -0.25) is 0 Å². The number of hydrogen-bond donors (Lipinski definition) is 1. The van der Waals surface area contributed by atoms with E-state index in [1.54, 1.807) is 18.0 Å². The first-order valence-corrected chi connectivity index (χ1v) is 5.54. The molecule has 0 aliphatic carbocycles. The van der Waals surface area contributed by atoms with Crippen molar-refractivity contribution >= 4 is 22.9 Å². The second-order valence-corrected chi connectivity index (χ2v) is 3.78. The molecule has 2 heterocycles. The van der Waals surface area contributed by atoms with Crippen molar-refractivity contribution in [2.75, 3.05) is 6.26 Å². The Balaban J connectivity index is 2.77. The number of nitrogens with two attached hydrogens (primary N) is 1. The normalized spacial score (nSPS) is 11.1. The summed E-state index contributed by atoms with van der Waals surface area (Å²) in [5.74, 6) is 0. The third-order valence-electron chi connectivity index (χ3n) is 2.20. The number of thioether (sulfide) groups is 1. The molecule has 0 aromatic carbocycles. The Kier molecular flexibility index (Phi) is 2.43. The topological polar surface area (TPSA) is 56.7 Å². The maximum atomic E-state index is 5.63. The number of rotatable bonds is 2. The predicted octanol–water partition coefficient (Wildman–Crippen LogP) is 1.15. The molecule has 5 heteroatoms. The highest BCUT2D eigenvalue weighted by Gasteiger charge is 2.10. The Morgan fingerprint density at radius 3 is 3.00 bits per heavy atom. The van der Waals surface area contributed by atoms with E-state index in [0.29, 0.717) is 6.54 Å². The molecule has 2 aromatic rings. The number of aromatic nitrogens is 3. The van der Waals surface area contributed by atoms with Crippen LogP contribution in [0.4, 0.5) is 0 Å². The van der Waals surface area contributed by atoms with Crippen molar-refractivity contribution in [3.8, 4) is 0 Å². The van der Waals surface area contributed by atoms with Crippen LogP contribution in [-0.4, -0.2) is 20.8 Å². The number of nitrogens with zero attached hydrogens (tertiary/aromatic N) is 3. The van der Waals surface area contributed by atoms with E-state index in [4.69, 9.17) is 5.73 Å². The lowest BCUT2D eigenvalue weighted by molar-refractivity contribution is 0.807. The summed E-state index contributed by atoms with van der Waals surface area (Å²) in [6.07, 6.45) is 3.78. The van der Waals surface area contributed by atoms with Crippen LogP contribution in [0.3, 0.4) is 0 Å². The summed E-state index contributed by atoms with van der Waals surface area (Å²) in [7, 11) is 1.97. The van der Waals surface area contributed by atoms with Gasteiger partial charge < -0.3 is 10.3 Å². The first kappa shape index (κ1) is 9.48. The molecular formula is C9H12N4S. The number of pyridine rings is 1. The molecule has 14 heavy (non-hydrogen) atoms. The van der Waals surface area contributed by atoms with E-state index in [0.717, 1.165) is 21.9 Å². The average molecular weight is 208 g/mol. The van der Waals surface area contributed by atoms with E-state index in [1.165, 1.54) is 0 Å². The van der Waals surface area contributed by atoms with Gasteiger partial charge in [-0.2, -0.15) is 0 Å². The van der Waals surface area contributed by atoms with Crippen molar-refractivity contribution in [1.29, 1.82) is 0 Å². The molecule has 74 valence electrons. The van der Waals surface area contributed by atoms with E-state index < -0.39 is 0 Å². The van der Waals surface area contributed by atoms with Crippen molar-refractivity contribution in [2.45, 2.75) is 11.7 Å². The van der Waals surface area contributed by atoms with E-state index in [9.17, 15) is 0 Å². The molecule has 0 saturated carbocycles. The van der Waals surface area contributed by atoms with Gasteiger partial charge in [0.15, 0.2) is 10.8 Å². The van der Waals surface area contributed by atoms with Crippen molar-refractivity contribution in [1.82, 2.24) is 14.5 Å². The van der Waals surface area contributed by atoms with Crippen LogP contribution in [0.15, 0.2) is 17.4 Å². The van der Waals surface area contributed by atoms with Gasteiger partial charge in [0, 0.05) is 19.8 Å². The third kappa shape index (κ3) is 1.29. The van der Waals surface area contributed by atoms with Crippen LogP contribution in [0, 0.1) is 0 Å². The standard InChI is InChI=1S/C9H12N4S/c1-13-8-7(12-9(13)14-2)6(5-10)3-4-11-8/h3-4H,5,10H2,1-2H3. The smallest absolute Gasteiger partial charge is 0.169 e.